The number of anilines is 1. The van der Waals surface area contributed by atoms with Gasteiger partial charge in [0.25, 0.3) is 0 Å². The Hall–Kier alpha value is -3.05. The molecule has 0 fully saturated rings. The molecule has 0 bridgehead atoms. The molecule has 0 aliphatic heterocycles. The molecule has 0 atom stereocenters. The maximum absolute atomic E-state index is 10.7. The van der Waals surface area contributed by atoms with Gasteiger partial charge in [-0.1, -0.05) is 63.2 Å². The van der Waals surface area contributed by atoms with Crippen LogP contribution in [-0.4, -0.2) is 29.6 Å². The molecule has 0 saturated heterocycles. The molecule has 35 heavy (non-hydrogen) atoms. The van der Waals surface area contributed by atoms with Crippen molar-refractivity contribution in [3.63, 3.8) is 0 Å². The molecular weight excluding hydrogens is 498 g/mol. The maximum atomic E-state index is 10.7. The molecule has 0 N–H and O–H groups in total. The van der Waals surface area contributed by atoms with Crippen molar-refractivity contribution in [2.75, 3.05) is 18.0 Å². The van der Waals surface area contributed by atoms with Gasteiger partial charge in [0.05, 0.1) is 6.54 Å². The summed E-state index contributed by atoms with van der Waals surface area (Å²) in [6, 6.07) is 19.2. The smallest absolute Gasteiger partial charge is 0.161 e. The van der Waals surface area contributed by atoms with Crippen molar-refractivity contribution in [1.82, 2.24) is 4.98 Å². The van der Waals surface area contributed by atoms with Gasteiger partial charge in [0, 0.05) is 46.6 Å². The van der Waals surface area contributed by atoms with Gasteiger partial charge in [-0.05, 0) is 77.5 Å². The van der Waals surface area contributed by atoms with E-state index in [-0.39, 0.29) is 5.78 Å². The zero-order valence-corrected chi connectivity index (χ0v) is 22.9. The maximum Gasteiger partial charge on any atom is 0.161 e. The summed E-state index contributed by atoms with van der Waals surface area (Å²) >= 11 is 3.22. The van der Waals surface area contributed by atoms with Crippen molar-refractivity contribution in [3.05, 3.63) is 95.4 Å². The first kappa shape index (κ1) is 28.2. The third kappa shape index (κ3) is 9.25. The van der Waals surface area contributed by atoms with Crippen LogP contribution in [-0.2, 0) is 6.42 Å². The van der Waals surface area contributed by atoms with E-state index < -0.39 is 0 Å². The third-order valence-electron chi connectivity index (χ3n) is 5.38. The van der Waals surface area contributed by atoms with E-state index in [0.29, 0.717) is 5.56 Å². The van der Waals surface area contributed by atoms with Gasteiger partial charge in [0.1, 0.15) is 0 Å². The van der Waals surface area contributed by atoms with E-state index in [0.717, 1.165) is 42.5 Å². The minimum absolute atomic E-state index is 0.0359. The fourth-order valence-electron chi connectivity index (χ4n) is 3.81. The van der Waals surface area contributed by atoms with Crippen molar-refractivity contribution < 1.29 is 4.79 Å². The number of aromatic nitrogens is 1. The van der Waals surface area contributed by atoms with Crippen LogP contribution in [0.4, 0.5) is 5.69 Å². The predicted molar refractivity (Wildman–Crippen MR) is 154 cm³/mol. The second-order valence-corrected chi connectivity index (χ2v) is 9.29. The standard InChI is InChI=1S/C23H30N2.C7H6BrNO/c1-5-11-22-17-21(20-12-9-8-10-13-20)14-15-23(22)25(16-6-2)18-19(4)24-7-3;1-5(10)6-2-7(8)4-9-3-6/h7-10,12-15,17H,3,5-6,11,16,18H2,1-2,4H3;2-4H,1H3. The lowest BCUT2D eigenvalue weighted by atomic mass is 9.98. The van der Waals surface area contributed by atoms with Crippen LogP contribution < -0.4 is 4.90 Å². The first-order valence-electron chi connectivity index (χ1n) is 12.1. The van der Waals surface area contributed by atoms with Crippen LogP contribution in [0.25, 0.3) is 11.1 Å². The SMILES string of the molecule is C=CN=C(C)CN(CCC)c1ccc(-c2ccccc2)cc1CCC.CC(=O)c1cncc(Br)c1. The van der Waals surface area contributed by atoms with Crippen LogP contribution >= 0.6 is 15.9 Å². The van der Waals surface area contributed by atoms with Crippen LogP contribution in [0.15, 0.2) is 89.2 Å². The van der Waals surface area contributed by atoms with E-state index in [1.54, 1.807) is 24.7 Å². The monoisotopic (exact) mass is 533 g/mol. The van der Waals surface area contributed by atoms with E-state index in [1.165, 1.54) is 29.3 Å². The van der Waals surface area contributed by atoms with Crippen LogP contribution in [0.2, 0.25) is 0 Å². The molecule has 0 aliphatic carbocycles. The molecule has 0 radical (unpaired) electrons. The van der Waals surface area contributed by atoms with Gasteiger partial charge >= 0.3 is 0 Å². The molecule has 1 aromatic heterocycles. The zero-order chi connectivity index (χ0) is 25.6. The van der Waals surface area contributed by atoms with Crippen LogP contribution in [0.5, 0.6) is 0 Å². The van der Waals surface area contributed by atoms with Gasteiger partial charge in [-0.25, -0.2) is 0 Å². The second-order valence-electron chi connectivity index (χ2n) is 8.38. The van der Waals surface area contributed by atoms with Gasteiger partial charge in [0.2, 0.25) is 0 Å². The summed E-state index contributed by atoms with van der Waals surface area (Å²) in [6.07, 6.45) is 8.18. The summed E-state index contributed by atoms with van der Waals surface area (Å²) < 4.78 is 0.834. The number of Topliss-reactive ketones (excluding diaryl/α,β-unsaturated/α-hetero) is 1. The number of aliphatic imine (C=N–C) groups is 1. The van der Waals surface area contributed by atoms with E-state index >= 15 is 0 Å². The minimum Gasteiger partial charge on any atom is -0.366 e. The first-order chi connectivity index (χ1) is 16.9. The van der Waals surface area contributed by atoms with Gasteiger partial charge in [-0.15, -0.1) is 0 Å². The van der Waals surface area contributed by atoms with Gasteiger partial charge in [-0.3, -0.25) is 14.8 Å². The number of hydrogen-bond donors (Lipinski definition) is 0. The van der Waals surface area contributed by atoms with Gasteiger partial charge < -0.3 is 4.90 Å². The topological polar surface area (TPSA) is 45.6 Å². The quantitative estimate of drug-likeness (QED) is 0.195. The summed E-state index contributed by atoms with van der Waals surface area (Å²) in [5.74, 6) is 0.0359. The highest BCUT2D eigenvalue weighted by molar-refractivity contribution is 9.10. The van der Waals surface area contributed by atoms with Crippen molar-refractivity contribution in [3.8, 4) is 11.1 Å². The second kappa shape index (κ2) is 15.0. The summed E-state index contributed by atoms with van der Waals surface area (Å²) in [7, 11) is 0. The van der Waals surface area contributed by atoms with Crippen molar-refractivity contribution in [1.29, 1.82) is 0 Å². The molecule has 0 spiro atoms. The highest BCUT2D eigenvalue weighted by atomic mass is 79.9. The van der Waals surface area contributed by atoms with Crippen molar-refractivity contribution >= 4 is 33.1 Å². The van der Waals surface area contributed by atoms with E-state index in [9.17, 15) is 4.79 Å². The summed E-state index contributed by atoms with van der Waals surface area (Å²) in [6.45, 7) is 13.7. The number of halogens is 1. The Kier molecular flexibility index (Phi) is 12.1. The Morgan fingerprint density at radius 1 is 1.03 bits per heavy atom. The highest BCUT2D eigenvalue weighted by Crippen LogP contribution is 2.29. The van der Waals surface area contributed by atoms with Crippen molar-refractivity contribution in [2.45, 2.75) is 47.0 Å². The Labute approximate surface area is 219 Å². The molecular formula is C30H36BrN3O. The van der Waals surface area contributed by atoms with Gasteiger partial charge in [0.15, 0.2) is 5.78 Å². The molecule has 4 nitrogen and oxygen atoms in total. The number of pyridine rings is 1. The summed E-state index contributed by atoms with van der Waals surface area (Å²) in [5.41, 5.74) is 7.05. The number of hydrogen-bond acceptors (Lipinski definition) is 4. The van der Waals surface area contributed by atoms with E-state index in [1.807, 2.05) is 0 Å². The first-order valence-corrected chi connectivity index (χ1v) is 12.9. The minimum atomic E-state index is 0.0359. The average molecular weight is 535 g/mol. The van der Waals surface area contributed by atoms with Crippen LogP contribution in [0, 0.1) is 0 Å². The molecule has 3 aromatic rings. The summed E-state index contributed by atoms with van der Waals surface area (Å²) in [4.78, 5) is 21.4. The number of benzene rings is 2. The van der Waals surface area contributed by atoms with E-state index in [4.69, 9.17) is 0 Å². The average Bonchev–Trinajstić information content (AvgIpc) is 2.85. The highest BCUT2D eigenvalue weighted by Gasteiger charge is 2.13. The van der Waals surface area contributed by atoms with Gasteiger partial charge in [-0.2, -0.15) is 0 Å². The lowest BCUT2D eigenvalue weighted by molar-refractivity contribution is 0.101. The lowest BCUT2D eigenvalue weighted by Gasteiger charge is -2.27. The Morgan fingerprint density at radius 2 is 1.77 bits per heavy atom. The number of nitrogens with zero attached hydrogens (tertiary/aromatic N) is 3. The number of carbonyl (C=O) groups is 1. The fraction of sp³-hybridized carbons (Fsp3) is 0.300. The fourth-order valence-corrected chi connectivity index (χ4v) is 4.17. The number of carbonyl (C=O) groups excluding carboxylic acids is 1. The molecule has 0 aliphatic rings. The molecule has 2 aromatic carbocycles. The predicted octanol–water partition coefficient (Wildman–Crippen LogP) is 8.17. The lowest BCUT2D eigenvalue weighted by Crippen LogP contribution is -2.30. The Morgan fingerprint density at radius 3 is 2.34 bits per heavy atom. The Bertz CT molecular complexity index is 1130. The molecule has 3 rings (SSSR count). The van der Waals surface area contributed by atoms with E-state index in [2.05, 4.69) is 107 Å². The van der Waals surface area contributed by atoms with Crippen LogP contribution in [0.3, 0.4) is 0 Å². The number of aryl methyl sites for hydroxylation is 1. The molecule has 1 heterocycles. The largest absolute Gasteiger partial charge is 0.366 e. The summed E-state index contributed by atoms with van der Waals surface area (Å²) in [5, 5.41) is 0. The van der Waals surface area contributed by atoms with Crippen molar-refractivity contribution in [2.24, 2.45) is 4.99 Å². The normalized spacial score (nSPS) is 10.8. The molecule has 5 heteroatoms. The number of rotatable bonds is 10. The number of ketones is 1. The molecule has 0 saturated carbocycles. The molecule has 184 valence electrons. The molecule has 0 unspecified atom stereocenters. The molecule has 0 amide bonds. The van der Waals surface area contributed by atoms with Crippen LogP contribution in [0.1, 0.15) is 56.5 Å². The zero-order valence-electron chi connectivity index (χ0n) is 21.3. The Balaban J connectivity index is 0.000000360. The third-order valence-corrected chi connectivity index (χ3v) is 5.82.